The van der Waals surface area contributed by atoms with Crippen LogP contribution in [0, 0.1) is 0 Å². The molecule has 0 saturated carbocycles. The number of ether oxygens (including phenoxy) is 2. The zero-order valence-corrected chi connectivity index (χ0v) is 27.5. The van der Waals surface area contributed by atoms with Gasteiger partial charge in [-0.15, -0.1) is 0 Å². The summed E-state index contributed by atoms with van der Waals surface area (Å²) in [5.74, 6) is 1.43. The van der Waals surface area contributed by atoms with E-state index in [1.807, 2.05) is 43.7 Å². The molecule has 2 atom stereocenters. The minimum absolute atomic E-state index is 0.110. The lowest BCUT2D eigenvalue weighted by Crippen LogP contribution is -2.41. The maximum Gasteiger partial charge on any atom is 0.229 e. The molecule has 12 nitrogen and oxygen atoms in total. The van der Waals surface area contributed by atoms with Crippen LogP contribution in [0.4, 0.5) is 23.1 Å². The van der Waals surface area contributed by atoms with E-state index in [1.165, 1.54) is 0 Å². The normalized spacial score (nSPS) is 17.0. The first kappa shape index (κ1) is 30.1. The van der Waals surface area contributed by atoms with Gasteiger partial charge in [-0.25, -0.2) is 4.98 Å². The number of hydrogen-bond acceptors (Lipinski definition) is 11. The summed E-state index contributed by atoms with van der Waals surface area (Å²) in [5, 5.41) is 15.2. The van der Waals surface area contributed by atoms with Gasteiger partial charge < -0.3 is 30.0 Å². The van der Waals surface area contributed by atoms with Crippen molar-refractivity contribution in [2.45, 2.75) is 19.1 Å². The van der Waals surface area contributed by atoms with Crippen molar-refractivity contribution in [2.24, 2.45) is 7.05 Å². The summed E-state index contributed by atoms with van der Waals surface area (Å²) in [4.78, 5) is 18.1. The highest BCUT2D eigenvalue weighted by molar-refractivity contribution is 9.10. The van der Waals surface area contributed by atoms with Crippen LogP contribution in [-0.4, -0.2) is 69.3 Å². The van der Waals surface area contributed by atoms with E-state index in [1.54, 1.807) is 43.7 Å². The van der Waals surface area contributed by atoms with Gasteiger partial charge in [0.05, 0.1) is 52.7 Å². The molecular formula is C30H33BrN9O3P. The summed E-state index contributed by atoms with van der Waals surface area (Å²) in [6.07, 6.45) is 8.51. The number of benzene rings is 2. The van der Waals surface area contributed by atoms with Crippen LogP contribution in [-0.2, 0) is 16.3 Å². The number of anilines is 4. The standard InChI is InChI=1S/C30H33BrN9O3P/c1-17-27(43-11-10-32-17)20-13-25(42-3)24(12-19(20)18-14-36-40(2)16-18)38-30-35-15-21(31)29(39-30)37-23-7-6-22-26(34-9-8-33-22)28(23)44(4,5)41/h6-9,12-17,27,32H,10-11H2,1-5H3,(H2,35,37,38,39)/t17?,27-/m0/s1. The fourth-order valence-electron chi connectivity index (χ4n) is 5.42. The van der Waals surface area contributed by atoms with Crippen LogP contribution in [0.15, 0.2) is 59.7 Å². The van der Waals surface area contributed by atoms with Crippen molar-refractivity contribution in [2.75, 3.05) is 44.2 Å². The molecule has 2 aromatic carbocycles. The third-order valence-electron chi connectivity index (χ3n) is 7.41. The molecule has 0 radical (unpaired) electrons. The third-order valence-corrected chi connectivity index (χ3v) is 9.52. The summed E-state index contributed by atoms with van der Waals surface area (Å²) in [5.41, 5.74) is 5.47. The summed E-state index contributed by atoms with van der Waals surface area (Å²) < 4.78 is 27.9. The van der Waals surface area contributed by atoms with Gasteiger partial charge in [-0.3, -0.25) is 14.6 Å². The van der Waals surface area contributed by atoms with Crippen molar-refractivity contribution in [3.63, 3.8) is 0 Å². The minimum atomic E-state index is -2.76. The maximum atomic E-state index is 13.4. The number of halogens is 1. The lowest BCUT2D eigenvalue weighted by atomic mass is 9.93. The average Bonchev–Trinajstić information content (AvgIpc) is 3.44. The first-order chi connectivity index (χ1) is 21.1. The molecule has 6 rings (SSSR count). The zero-order chi connectivity index (χ0) is 31.0. The predicted molar refractivity (Wildman–Crippen MR) is 176 cm³/mol. The molecule has 0 amide bonds. The highest BCUT2D eigenvalue weighted by Gasteiger charge is 2.28. The number of methoxy groups -OCH3 is 1. The number of hydrogen-bond donors (Lipinski definition) is 3. The third kappa shape index (κ3) is 6.05. The second-order valence-corrected chi connectivity index (χ2v) is 15.0. The Morgan fingerprint density at radius 2 is 1.93 bits per heavy atom. The molecule has 44 heavy (non-hydrogen) atoms. The lowest BCUT2D eigenvalue weighted by Gasteiger charge is -2.32. The van der Waals surface area contributed by atoms with E-state index in [9.17, 15) is 4.57 Å². The zero-order valence-electron chi connectivity index (χ0n) is 25.0. The first-order valence-electron chi connectivity index (χ1n) is 14.0. The van der Waals surface area contributed by atoms with Crippen LogP contribution in [0.2, 0.25) is 0 Å². The van der Waals surface area contributed by atoms with Crippen LogP contribution < -0.4 is 26.0 Å². The Kier molecular flexibility index (Phi) is 8.38. The Balaban J connectivity index is 1.39. The molecule has 1 aliphatic rings. The van der Waals surface area contributed by atoms with E-state index >= 15 is 0 Å². The van der Waals surface area contributed by atoms with E-state index in [0.717, 1.165) is 23.2 Å². The van der Waals surface area contributed by atoms with Crippen molar-refractivity contribution >= 4 is 62.6 Å². The van der Waals surface area contributed by atoms with Gasteiger partial charge >= 0.3 is 0 Å². The highest BCUT2D eigenvalue weighted by atomic mass is 79.9. The number of nitrogens with one attached hydrogen (secondary N) is 3. The monoisotopic (exact) mass is 677 g/mol. The molecule has 0 bridgehead atoms. The summed E-state index contributed by atoms with van der Waals surface area (Å²) in [6.45, 7) is 6.96. The quantitative estimate of drug-likeness (QED) is 0.182. The summed E-state index contributed by atoms with van der Waals surface area (Å²) >= 11 is 3.56. The van der Waals surface area contributed by atoms with E-state index < -0.39 is 7.14 Å². The van der Waals surface area contributed by atoms with Gasteiger partial charge in [0.15, 0.2) is 0 Å². The minimum Gasteiger partial charge on any atom is -0.495 e. The molecule has 0 spiro atoms. The Labute approximate surface area is 263 Å². The molecule has 1 unspecified atom stereocenters. The Bertz CT molecular complexity index is 1890. The summed E-state index contributed by atoms with van der Waals surface area (Å²) in [6, 6.07) is 7.81. The van der Waals surface area contributed by atoms with Crippen molar-refractivity contribution in [1.29, 1.82) is 0 Å². The van der Waals surface area contributed by atoms with Gasteiger partial charge in [-0.05, 0) is 71.6 Å². The number of rotatable bonds is 8. The van der Waals surface area contributed by atoms with E-state index in [0.29, 0.717) is 56.3 Å². The van der Waals surface area contributed by atoms with Crippen LogP contribution in [0.25, 0.3) is 22.2 Å². The van der Waals surface area contributed by atoms with Crippen molar-refractivity contribution in [1.82, 2.24) is 35.0 Å². The number of fused-ring (bicyclic) bond motifs is 1. The van der Waals surface area contributed by atoms with Crippen molar-refractivity contribution < 1.29 is 14.0 Å². The average molecular weight is 679 g/mol. The molecule has 1 fully saturated rings. The molecule has 14 heteroatoms. The van der Waals surface area contributed by atoms with Gasteiger partial charge in [-0.1, -0.05) is 0 Å². The number of aryl methyl sites for hydroxylation is 1. The van der Waals surface area contributed by atoms with Gasteiger partial charge in [0.25, 0.3) is 0 Å². The molecule has 0 aliphatic carbocycles. The van der Waals surface area contributed by atoms with Gasteiger partial charge in [-0.2, -0.15) is 10.1 Å². The Morgan fingerprint density at radius 1 is 1.11 bits per heavy atom. The fraction of sp³-hybridized carbons (Fsp3) is 0.300. The molecule has 1 aliphatic heterocycles. The topological polar surface area (TPSA) is 141 Å². The van der Waals surface area contributed by atoms with Crippen LogP contribution in [0.1, 0.15) is 18.6 Å². The van der Waals surface area contributed by atoms with Crippen molar-refractivity contribution in [3.8, 4) is 16.9 Å². The van der Waals surface area contributed by atoms with Crippen LogP contribution >= 0.6 is 23.1 Å². The molecule has 3 N–H and O–H groups in total. The van der Waals surface area contributed by atoms with E-state index in [2.05, 4.69) is 58.9 Å². The second-order valence-electron chi connectivity index (χ2n) is 11.0. The van der Waals surface area contributed by atoms with Crippen molar-refractivity contribution in [3.05, 3.63) is 65.3 Å². The maximum absolute atomic E-state index is 13.4. The second kappa shape index (κ2) is 12.2. The molecule has 4 heterocycles. The van der Waals surface area contributed by atoms with Crippen LogP contribution in [0.3, 0.4) is 0 Å². The van der Waals surface area contributed by atoms with E-state index in [4.69, 9.17) is 14.5 Å². The van der Waals surface area contributed by atoms with Gasteiger partial charge in [0.2, 0.25) is 5.95 Å². The fourth-order valence-corrected chi connectivity index (χ4v) is 7.10. The molecular weight excluding hydrogens is 645 g/mol. The summed E-state index contributed by atoms with van der Waals surface area (Å²) in [7, 11) is 0.757. The highest BCUT2D eigenvalue weighted by Crippen LogP contribution is 2.42. The largest absolute Gasteiger partial charge is 0.495 e. The Morgan fingerprint density at radius 3 is 2.66 bits per heavy atom. The molecule has 5 aromatic rings. The van der Waals surface area contributed by atoms with Crippen LogP contribution in [0.5, 0.6) is 5.75 Å². The lowest BCUT2D eigenvalue weighted by molar-refractivity contribution is 0.0000263. The van der Waals surface area contributed by atoms with Gasteiger partial charge in [0, 0.05) is 50.0 Å². The molecule has 1 saturated heterocycles. The van der Waals surface area contributed by atoms with E-state index in [-0.39, 0.29) is 12.1 Å². The number of nitrogens with zero attached hydrogens (tertiary/aromatic N) is 6. The van der Waals surface area contributed by atoms with Gasteiger partial charge in [0.1, 0.15) is 24.2 Å². The Hall–Kier alpha value is -3.90. The number of aromatic nitrogens is 6. The smallest absolute Gasteiger partial charge is 0.229 e. The molecule has 228 valence electrons. The predicted octanol–water partition coefficient (Wildman–Crippen LogP) is 5.38. The number of morpholine rings is 1. The first-order valence-corrected chi connectivity index (χ1v) is 17.4. The molecule has 3 aromatic heterocycles. The SMILES string of the molecule is COc1cc([C@H]2OCCNC2C)c(-c2cnn(C)c2)cc1Nc1ncc(Br)c(Nc2ccc3nccnc3c2P(C)(C)=O)n1.